The first-order valence-electron chi connectivity index (χ1n) is 5.82. The molecule has 82 valence electrons. The van der Waals surface area contributed by atoms with Crippen LogP contribution < -0.4 is 10.5 Å². The third-order valence-corrected chi connectivity index (χ3v) is 2.98. The maximum atomic E-state index is 6.06. The molecule has 1 aromatic carbocycles. The average molecular weight is 205 g/mol. The number of fused-ring (bicyclic) bond motifs is 1. The van der Waals surface area contributed by atoms with Gasteiger partial charge in [-0.2, -0.15) is 0 Å². The molecule has 0 saturated carbocycles. The molecule has 0 aromatic heterocycles. The van der Waals surface area contributed by atoms with Gasteiger partial charge in [-0.3, -0.25) is 0 Å². The molecule has 2 heteroatoms. The fraction of sp³-hybridized carbons (Fsp3) is 0.538. The van der Waals surface area contributed by atoms with E-state index in [2.05, 4.69) is 25.1 Å². The summed E-state index contributed by atoms with van der Waals surface area (Å²) in [6.07, 6.45) is 4.56. The highest BCUT2D eigenvalue weighted by molar-refractivity contribution is 5.40. The van der Waals surface area contributed by atoms with E-state index >= 15 is 0 Å². The van der Waals surface area contributed by atoms with E-state index in [9.17, 15) is 0 Å². The van der Waals surface area contributed by atoms with Gasteiger partial charge in [-0.1, -0.05) is 25.5 Å². The molecule has 1 aliphatic heterocycles. The van der Waals surface area contributed by atoms with E-state index in [1.54, 1.807) is 0 Å². The summed E-state index contributed by atoms with van der Waals surface area (Å²) >= 11 is 0. The summed E-state index contributed by atoms with van der Waals surface area (Å²) in [5.41, 5.74) is 8.64. The number of hydrogen-bond acceptors (Lipinski definition) is 2. The molecule has 0 radical (unpaired) electrons. The van der Waals surface area contributed by atoms with Gasteiger partial charge in [-0.25, -0.2) is 0 Å². The first-order valence-corrected chi connectivity index (χ1v) is 5.82. The second-order valence-electron chi connectivity index (χ2n) is 4.22. The molecule has 0 fully saturated rings. The summed E-state index contributed by atoms with van der Waals surface area (Å²) in [5, 5.41) is 0. The Morgan fingerprint density at radius 1 is 1.47 bits per heavy atom. The van der Waals surface area contributed by atoms with Crippen molar-refractivity contribution in [2.75, 3.05) is 6.61 Å². The molecule has 15 heavy (non-hydrogen) atoms. The summed E-state index contributed by atoms with van der Waals surface area (Å²) in [6, 6.07) is 6.61. The Labute approximate surface area is 91.4 Å². The minimum absolute atomic E-state index is 0.162. The molecule has 2 N–H and O–H groups in total. The first kappa shape index (κ1) is 10.5. The lowest BCUT2D eigenvalue weighted by Gasteiger charge is -2.23. The van der Waals surface area contributed by atoms with E-state index in [-0.39, 0.29) is 6.04 Å². The molecular weight excluding hydrogens is 186 g/mol. The van der Waals surface area contributed by atoms with Crippen LogP contribution in [0.15, 0.2) is 18.2 Å². The maximum absolute atomic E-state index is 6.06. The summed E-state index contributed by atoms with van der Waals surface area (Å²) < 4.78 is 5.57. The zero-order valence-electron chi connectivity index (χ0n) is 9.33. The summed E-state index contributed by atoms with van der Waals surface area (Å²) in [4.78, 5) is 0. The van der Waals surface area contributed by atoms with Gasteiger partial charge in [0.25, 0.3) is 0 Å². The van der Waals surface area contributed by atoms with E-state index in [4.69, 9.17) is 10.5 Å². The number of rotatable bonds is 3. The van der Waals surface area contributed by atoms with Gasteiger partial charge in [0.05, 0.1) is 6.61 Å². The fourth-order valence-corrected chi connectivity index (χ4v) is 2.01. The van der Waals surface area contributed by atoms with Crippen molar-refractivity contribution >= 4 is 0 Å². The number of benzene rings is 1. The molecule has 0 saturated heterocycles. The Bertz CT molecular complexity index is 335. The Hall–Kier alpha value is -1.02. The van der Waals surface area contributed by atoms with Crippen LogP contribution in [0, 0.1) is 0 Å². The number of hydrogen-bond donors (Lipinski definition) is 1. The zero-order valence-corrected chi connectivity index (χ0v) is 9.33. The molecule has 0 bridgehead atoms. The molecule has 2 nitrogen and oxygen atoms in total. The zero-order chi connectivity index (χ0) is 10.7. The highest BCUT2D eigenvalue weighted by atomic mass is 16.5. The Kier molecular flexibility index (Phi) is 3.27. The van der Waals surface area contributed by atoms with Gasteiger partial charge in [-0.15, -0.1) is 0 Å². The standard InChI is InChI=1S/C13H19NO/c1-2-3-4-10-5-6-13-11(9-10)12(14)7-8-15-13/h5-6,9,12H,2-4,7-8,14H2,1H3. The van der Waals surface area contributed by atoms with Crippen molar-refractivity contribution in [3.05, 3.63) is 29.3 Å². The average Bonchev–Trinajstić information content (AvgIpc) is 2.27. The number of aryl methyl sites for hydroxylation is 1. The number of ether oxygens (including phenoxy) is 1. The Balaban J connectivity index is 2.19. The van der Waals surface area contributed by atoms with Crippen LogP contribution in [0.2, 0.25) is 0 Å². The van der Waals surface area contributed by atoms with E-state index in [1.165, 1.54) is 24.0 Å². The number of nitrogens with two attached hydrogens (primary N) is 1. The van der Waals surface area contributed by atoms with Crippen LogP contribution in [0.4, 0.5) is 0 Å². The molecule has 1 aliphatic rings. The lowest BCUT2D eigenvalue weighted by molar-refractivity contribution is 0.269. The van der Waals surface area contributed by atoms with Crippen LogP contribution in [0.25, 0.3) is 0 Å². The van der Waals surface area contributed by atoms with Crippen LogP contribution in [-0.2, 0) is 6.42 Å². The van der Waals surface area contributed by atoms with E-state index < -0.39 is 0 Å². The molecule has 1 atom stereocenters. The van der Waals surface area contributed by atoms with E-state index in [0.717, 1.165) is 25.2 Å². The van der Waals surface area contributed by atoms with Crippen molar-refractivity contribution in [1.29, 1.82) is 0 Å². The van der Waals surface area contributed by atoms with Crippen molar-refractivity contribution in [2.24, 2.45) is 5.73 Å². The van der Waals surface area contributed by atoms with Gasteiger partial charge in [0.15, 0.2) is 0 Å². The quantitative estimate of drug-likeness (QED) is 0.823. The Morgan fingerprint density at radius 2 is 2.33 bits per heavy atom. The van der Waals surface area contributed by atoms with Gasteiger partial charge < -0.3 is 10.5 Å². The predicted molar refractivity (Wildman–Crippen MR) is 62.1 cm³/mol. The van der Waals surface area contributed by atoms with Crippen LogP contribution >= 0.6 is 0 Å². The third-order valence-electron chi connectivity index (χ3n) is 2.98. The number of unbranched alkanes of at least 4 members (excludes halogenated alkanes) is 1. The molecule has 1 heterocycles. The van der Waals surface area contributed by atoms with Crippen molar-refractivity contribution in [2.45, 2.75) is 38.6 Å². The monoisotopic (exact) mass is 205 g/mol. The van der Waals surface area contributed by atoms with Crippen molar-refractivity contribution in [1.82, 2.24) is 0 Å². The lowest BCUT2D eigenvalue weighted by Crippen LogP contribution is -2.20. The van der Waals surface area contributed by atoms with Gasteiger partial charge in [0.1, 0.15) is 5.75 Å². The van der Waals surface area contributed by atoms with Crippen LogP contribution in [-0.4, -0.2) is 6.61 Å². The largest absolute Gasteiger partial charge is 0.493 e. The van der Waals surface area contributed by atoms with E-state index in [0.29, 0.717) is 0 Å². The van der Waals surface area contributed by atoms with Crippen molar-refractivity contribution < 1.29 is 4.74 Å². The van der Waals surface area contributed by atoms with E-state index in [1.807, 2.05) is 0 Å². The summed E-state index contributed by atoms with van der Waals surface area (Å²) in [5.74, 6) is 0.981. The SMILES string of the molecule is CCCCc1ccc2c(c1)C(N)CCO2. The topological polar surface area (TPSA) is 35.2 Å². The van der Waals surface area contributed by atoms with Gasteiger partial charge in [-0.05, 0) is 24.5 Å². The van der Waals surface area contributed by atoms with Gasteiger partial charge in [0.2, 0.25) is 0 Å². The van der Waals surface area contributed by atoms with Crippen LogP contribution in [0.5, 0.6) is 5.75 Å². The summed E-state index contributed by atoms with van der Waals surface area (Å²) in [6.45, 7) is 2.97. The molecule has 1 aromatic rings. The second kappa shape index (κ2) is 4.67. The first-order chi connectivity index (χ1) is 7.31. The summed E-state index contributed by atoms with van der Waals surface area (Å²) in [7, 11) is 0. The van der Waals surface area contributed by atoms with Gasteiger partial charge in [0, 0.05) is 18.0 Å². The fourth-order valence-electron chi connectivity index (χ4n) is 2.01. The van der Waals surface area contributed by atoms with Crippen molar-refractivity contribution in [3.63, 3.8) is 0 Å². The highest BCUT2D eigenvalue weighted by Gasteiger charge is 2.17. The van der Waals surface area contributed by atoms with Crippen LogP contribution in [0.3, 0.4) is 0 Å². The third kappa shape index (κ3) is 2.32. The van der Waals surface area contributed by atoms with Crippen LogP contribution in [0.1, 0.15) is 43.4 Å². The maximum Gasteiger partial charge on any atom is 0.124 e. The smallest absolute Gasteiger partial charge is 0.124 e. The lowest BCUT2D eigenvalue weighted by atomic mass is 9.97. The normalized spacial score (nSPS) is 19.5. The second-order valence-corrected chi connectivity index (χ2v) is 4.22. The highest BCUT2D eigenvalue weighted by Crippen LogP contribution is 2.31. The molecule has 1 unspecified atom stereocenters. The Morgan fingerprint density at radius 3 is 3.13 bits per heavy atom. The molecular formula is C13H19NO. The predicted octanol–water partition coefficient (Wildman–Crippen LogP) is 2.81. The molecule has 0 amide bonds. The molecule has 0 aliphatic carbocycles. The molecule has 0 spiro atoms. The molecule has 2 rings (SSSR count). The minimum atomic E-state index is 0.162. The minimum Gasteiger partial charge on any atom is -0.493 e. The van der Waals surface area contributed by atoms with Gasteiger partial charge >= 0.3 is 0 Å². The van der Waals surface area contributed by atoms with Crippen molar-refractivity contribution in [3.8, 4) is 5.75 Å².